The largest absolute Gasteiger partial charge is 0.396 e. The molecule has 0 bridgehead atoms. The van der Waals surface area contributed by atoms with E-state index in [4.69, 9.17) is 10.5 Å². The summed E-state index contributed by atoms with van der Waals surface area (Å²) < 4.78 is 45.5. The first-order valence-corrected chi connectivity index (χ1v) is 8.24. The highest BCUT2D eigenvalue weighted by atomic mass is 32.2. The van der Waals surface area contributed by atoms with E-state index in [1.165, 1.54) is 13.0 Å². The molecule has 1 aromatic rings. The van der Waals surface area contributed by atoms with Crippen molar-refractivity contribution in [3.63, 3.8) is 0 Å². The molecule has 0 aliphatic carbocycles. The second-order valence-corrected chi connectivity index (χ2v) is 6.76. The second kappa shape index (κ2) is 6.69. The maximum atomic E-state index is 13.4. The number of morpholine rings is 1. The van der Waals surface area contributed by atoms with E-state index in [2.05, 4.69) is 9.62 Å². The summed E-state index contributed by atoms with van der Waals surface area (Å²) in [7, 11) is -3.68. The highest BCUT2D eigenvalue weighted by Crippen LogP contribution is 2.20. The Labute approximate surface area is 124 Å². The monoisotopic (exact) mass is 317 g/mol. The maximum absolute atomic E-state index is 13.4. The fraction of sp³-hybridized carbons (Fsp3) is 0.538. The molecule has 1 aliphatic rings. The molecule has 0 unspecified atom stereocenters. The summed E-state index contributed by atoms with van der Waals surface area (Å²) in [5.41, 5.74) is 5.52. The van der Waals surface area contributed by atoms with Crippen LogP contribution in [0.25, 0.3) is 0 Å². The van der Waals surface area contributed by atoms with Gasteiger partial charge in [0.1, 0.15) is 5.82 Å². The van der Waals surface area contributed by atoms with Crippen molar-refractivity contribution in [3.05, 3.63) is 23.5 Å². The van der Waals surface area contributed by atoms with E-state index in [1.54, 1.807) is 0 Å². The van der Waals surface area contributed by atoms with Gasteiger partial charge in [-0.2, -0.15) is 0 Å². The van der Waals surface area contributed by atoms with Crippen LogP contribution in [0.4, 0.5) is 10.1 Å². The summed E-state index contributed by atoms with van der Waals surface area (Å²) in [6, 6.07) is 2.42. The average Bonchev–Trinajstić information content (AvgIpc) is 2.45. The Morgan fingerprint density at radius 1 is 1.38 bits per heavy atom. The lowest BCUT2D eigenvalue weighted by Crippen LogP contribution is -2.41. The minimum absolute atomic E-state index is 0.0131. The molecule has 3 N–H and O–H groups in total. The van der Waals surface area contributed by atoms with Crippen LogP contribution in [0.2, 0.25) is 0 Å². The van der Waals surface area contributed by atoms with Crippen LogP contribution in [0.5, 0.6) is 0 Å². The van der Waals surface area contributed by atoms with Gasteiger partial charge in [0.15, 0.2) is 0 Å². The van der Waals surface area contributed by atoms with Crippen molar-refractivity contribution in [2.45, 2.75) is 11.8 Å². The number of nitrogen functional groups attached to an aromatic ring is 1. The van der Waals surface area contributed by atoms with E-state index >= 15 is 0 Å². The van der Waals surface area contributed by atoms with Gasteiger partial charge >= 0.3 is 0 Å². The first-order chi connectivity index (χ1) is 9.90. The SMILES string of the molecule is Cc1cc(S(=O)(=O)NCCN2CCOCC2)cc(N)c1F. The summed E-state index contributed by atoms with van der Waals surface area (Å²) in [6.45, 7) is 5.31. The van der Waals surface area contributed by atoms with E-state index in [1.807, 2.05) is 0 Å². The average molecular weight is 317 g/mol. The van der Waals surface area contributed by atoms with E-state index < -0.39 is 15.8 Å². The van der Waals surface area contributed by atoms with Crippen LogP contribution in [0.3, 0.4) is 0 Å². The van der Waals surface area contributed by atoms with Crippen molar-refractivity contribution < 1.29 is 17.5 Å². The molecule has 2 rings (SSSR count). The Bertz CT molecular complexity index is 578. The fourth-order valence-corrected chi connectivity index (χ4v) is 3.30. The summed E-state index contributed by atoms with van der Waals surface area (Å²) in [6.07, 6.45) is 0. The summed E-state index contributed by atoms with van der Waals surface area (Å²) in [4.78, 5) is 2.11. The van der Waals surface area contributed by atoms with Gasteiger partial charge < -0.3 is 10.5 Å². The predicted octanol–water partition coefficient (Wildman–Crippen LogP) is 0.327. The van der Waals surface area contributed by atoms with Gasteiger partial charge in [0.2, 0.25) is 10.0 Å². The third-order valence-corrected chi connectivity index (χ3v) is 4.83. The number of ether oxygens (including phenoxy) is 1. The van der Waals surface area contributed by atoms with Crippen LogP contribution < -0.4 is 10.5 Å². The lowest BCUT2D eigenvalue weighted by atomic mass is 10.2. The molecule has 1 aliphatic heterocycles. The normalized spacial score (nSPS) is 17.0. The van der Waals surface area contributed by atoms with Crippen LogP contribution in [0.1, 0.15) is 5.56 Å². The first kappa shape index (κ1) is 16.2. The van der Waals surface area contributed by atoms with Crippen molar-refractivity contribution in [3.8, 4) is 0 Å². The molecule has 1 saturated heterocycles. The molecule has 8 heteroatoms. The predicted molar refractivity (Wildman–Crippen MR) is 78.0 cm³/mol. The van der Waals surface area contributed by atoms with Gasteiger partial charge in [0.25, 0.3) is 0 Å². The molecular formula is C13H20FN3O3S. The van der Waals surface area contributed by atoms with E-state index in [9.17, 15) is 12.8 Å². The molecular weight excluding hydrogens is 297 g/mol. The summed E-state index contributed by atoms with van der Waals surface area (Å²) >= 11 is 0. The molecule has 118 valence electrons. The van der Waals surface area contributed by atoms with Crippen LogP contribution in [-0.2, 0) is 14.8 Å². The van der Waals surface area contributed by atoms with Crippen molar-refractivity contribution in [1.29, 1.82) is 0 Å². The lowest BCUT2D eigenvalue weighted by molar-refractivity contribution is 0.0390. The molecule has 0 aromatic heterocycles. The highest BCUT2D eigenvalue weighted by Gasteiger charge is 2.18. The van der Waals surface area contributed by atoms with Gasteiger partial charge in [-0.25, -0.2) is 17.5 Å². The zero-order valence-corrected chi connectivity index (χ0v) is 12.7. The number of halogens is 1. The molecule has 0 amide bonds. The molecule has 0 saturated carbocycles. The molecule has 1 heterocycles. The first-order valence-electron chi connectivity index (χ1n) is 6.75. The molecule has 0 radical (unpaired) electrons. The molecule has 21 heavy (non-hydrogen) atoms. The molecule has 1 aromatic carbocycles. The number of nitrogens with zero attached hydrogens (tertiary/aromatic N) is 1. The van der Waals surface area contributed by atoms with Gasteiger partial charge in [0.05, 0.1) is 23.8 Å². The Balaban J connectivity index is 1.98. The van der Waals surface area contributed by atoms with Crippen molar-refractivity contribution >= 4 is 15.7 Å². The van der Waals surface area contributed by atoms with Crippen LogP contribution in [-0.4, -0.2) is 52.7 Å². The maximum Gasteiger partial charge on any atom is 0.240 e. The van der Waals surface area contributed by atoms with E-state index in [0.717, 1.165) is 19.2 Å². The van der Waals surface area contributed by atoms with Gasteiger partial charge in [-0.05, 0) is 24.6 Å². The quantitative estimate of drug-likeness (QED) is 0.765. The molecule has 1 fully saturated rings. The van der Waals surface area contributed by atoms with Crippen LogP contribution in [0.15, 0.2) is 17.0 Å². The van der Waals surface area contributed by atoms with Crippen molar-refractivity contribution in [2.24, 2.45) is 0 Å². The fourth-order valence-electron chi connectivity index (χ4n) is 2.16. The standard InChI is InChI=1S/C13H20FN3O3S/c1-10-8-11(9-12(15)13(10)14)21(18,19)16-2-3-17-4-6-20-7-5-17/h8-9,16H,2-7,15H2,1H3. The van der Waals surface area contributed by atoms with Gasteiger partial charge in [-0.3, -0.25) is 4.90 Å². The second-order valence-electron chi connectivity index (χ2n) is 5.00. The van der Waals surface area contributed by atoms with E-state index in [-0.39, 0.29) is 16.1 Å². The number of nitrogens with two attached hydrogens (primary N) is 1. The lowest BCUT2D eigenvalue weighted by Gasteiger charge is -2.26. The smallest absolute Gasteiger partial charge is 0.240 e. The number of benzene rings is 1. The topological polar surface area (TPSA) is 84.7 Å². The number of rotatable bonds is 5. The Morgan fingerprint density at radius 2 is 2.05 bits per heavy atom. The Morgan fingerprint density at radius 3 is 2.67 bits per heavy atom. The van der Waals surface area contributed by atoms with Gasteiger partial charge in [0, 0.05) is 26.2 Å². The van der Waals surface area contributed by atoms with Crippen LogP contribution >= 0.6 is 0 Å². The molecule has 6 nitrogen and oxygen atoms in total. The number of aryl methyl sites for hydroxylation is 1. The number of hydrogen-bond donors (Lipinski definition) is 2. The van der Waals surface area contributed by atoms with E-state index in [0.29, 0.717) is 26.3 Å². The highest BCUT2D eigenvalue weighted by molar-refractivity contribution is 7.89. The number of hydrogen-bond acceptors (Lipinski definition) is 5. The summed E-state index contributed by atoms with van der Waals surface area (Å²) in [5.74, 6) is -0.581. The van der Waals surface area contributed by atoms with Gasteiger partial charge in [-0.15, -0.1) is 0 Å². The van der Waals surface area contributed by atoms with Crippen molar-refractivity contribution in [2.75, 3.05) is 45.1 Å². The van der Waals surface area contributed by atoms with Crippen molar-refractivity contribution in [1.82, 2.24) is 9.62 Å². The minimum atomic E-state index is -3.68. The Hall–Kier alpha value is -1.22. The minimum Gasteiger partial charge on any atom is -0.396 e. The third-order valence-electron chi connectivity index (χ3n) is 3.39. The summed E-state index contributed by atoms with van der Waals surface area (Å²) in [5, 5.41) is 0. The number of anilines is 1. The van der Waals surface area contributed by atoms with Gasteiger partial charge in [-0.1, -0.05) is 0 Å². The number of nitrogens with one attached hydrogen (secondary N) is 1. The number of sulfonamides is 1. The zero-order valence-electron chi connectivity index (χ0n) is 11.9. The zero-order chi connectivity index (χ0) is 15.5. The third kappa shape index (κ3) is 4.13. The molecule has 0 spiro atoms. The Kier molecular flexibility index (Phi) is 5.15. The van der Waals surface area contributed by atoms with Crippen LogP contribution in [0, 0.1) is 12.7 Å². The molecule has 0 atom stereocenters.